The molecule has 2 nitrogen and oxygen atoms in total. The maximum absolute atomic E-state index is 11.4. The van der Waals surface area contributed by atoms with Crippen molar-refractivity contribution in [2.75, 3.05) is 0 Å². The molecule has 2 aliphatic rings. The fourth-order valence-electron chi connectivity index (χ4n) is 4.18. The van der Waals surface area contributed by atoms with Gasteiger partial charge in [0.2, 0.25) is 0 Å². The molecule has 0 aromatic carbocycles. The highest BCUT2D eigenvalue weighted by Crippen LogP contribution is 2.64. The van der Waals surface area contributed by atoms with Crippen LogP contribution >= 0.6 is 43.5 Å². The predicted molar refractivity (Wildman–Crippen MR) is 99.1 cm³/mol. The van der Waals surface area contributed by atoms with E-state index in [1.165, 1.54) is 12.5 Å². The molecule has 5 heteroatoms. The average molecular weight is 457 g/mol. The highest BCUT2D eigenvalue weighted by molar-refractivity contribution is 9.09. The first-order chi connectivity index (χ1) is 9.94. The van der Waals surface area contributed by atoms with Gasteiger partial charge < -0.3 is 4.74 Å². The standard InChI is InChI=1S/C17H25Br2ClO2/c1-10-8-12(22-11(2)21)14(19)15(3,4)17(10)7-6-16(5,20)13(18)9-17/h12-14H,1,6-9H2,2-5H3/t12-,13?,14-,16?,17+/m0/s1. The van der Waals surface area contributed by atoms with Gasteiger partial charge in [-0.2, -0.15) is 0 Å². The van der Waals surface area contributed by atoms with Crippen LogP contribution in [0.1, 0.15) is 53.4 Å². The lowest BCUT2D eigenvalue weighted by atomic mass is 9.49. The zero-order valence-corrected chi connectivity index (χ0v) is 17.6. The Bertz CT molecular complexity index is 489. The van der Waals surface area contributed by atoms with Crippen LogP contribution in [0.25, 0.3) is 0 Å². The van der Waals surface area contributed by atoms with Gasteiger partial charge in [-0.1, -0.05) is 57.9 Å². The van der Waals surface area contributed by atoms with Gasteiger partial charge in [0, 0.05) is 18.2 Å². The van der Waals surface area contributed by atoms with E-state index in [2.05, 4.69) is 59.2 Å². The van der Waals surface area contributed by atoms with E-state index in [1.54, 1.807) is 0 Å². The molecule has 2 fully saturated rings. The molecule has 2 rings (SSSR count). The van der Waals surface area contributed by atoms with E-state index in [0.717, 1.165) is 25.7 Å². The Hall–Kier alpha value is 0.460. The van der Waals surface area contributed by atoms with Crippen LogP contribution in [0.3, 0.4) is 0 Å². The Kier molecular flexibility index (Phi) is 5.19. The van der Waals surface area contributed by atoms with Crippen LogP contribution < -0.4 is 0 Å². The van der Waals surface area contributed by atoms with Gasteiger partial charge in [0.25, 0.3) is 0 Å². The highest BCUT2D eigenvalue weighted by atomic mass is 79.9. The predicted octanol–water partition coefficient (Wildman–Crippen LogP) is 5.60. The summed E-state index contributed by atoms with van der Waals surface area (Å²) in [6.07, 6.45) is 3.51. The van der Waals surface area contributed by atoms with Crippen molar-refractivity contribution in [1.29, 1.82) is 0 Å². The molecule has 22 heavy (non-hydrogen) atoms. The monoisotopic (exact) mass is 454 g/mol. The van der Waals surface area contributed by atoms with Crippen LogP contribution in [0, 0.1) is 10.8 Å². The molecule has 0 aromatic heterocycles. The van der Waals surface area contributed by atoms with Crippen LogP contribution in [0.15, 0.2) is 12.2 Å². The van der Waals surface area contributed by atoms with Crippen LogP contribution in [0.2, 0.25) is 0 Å². The normalized spacial score (nSPS) is 44.9. The van der Waals surface area contributed by atoms with E-state index in [-0.39, 0.29) is 37.4 Å². The zero-order chi connectivity index (χ0) is 16.9. The van der Waals surface area contributed by atoms with E-state index >= 15 is 0 Å². The lowest BCUT2D eigenvalue weighted by Crippen LogP contribution is -2.58. The molecule has 0 bridgehead atoms. The summed E-state index contributed by atoms with van der Waals surface area (Å²) in [5, 5.41) is 0. The minimum Gasteiger partial charge on any atom is -0.461 e. The van der Waals surface area contributed by atoms with Gasteiger partial charge in [0.15, 0.2) is 0 Å². The van der Waals surface area contributed by atoms with Crippen molar-refractivity contribution in [3.8, 4) is 0 Å². The van der Waals surface area contributed by atoms with Crippen LogP contribution in [-0.4, -0.2) is 26.6 Å². The van der Waals surface area contributed by atoms with E-state index in [1.807, 2.05) is 0 Å². The molecular formula is C17H25Br2ClO2. The van der Waals surface area contributed by atoms with E-state index < -0.39 is 0 Å². The van der Waals surface area contributed by atoms with Crippen molar-refractivity contribution in [3.63, 3.8) is 0 Å². The van der Waals surface area contributed by atoms with E-state index in [0.29, 0.717) is 0 Å². The lowest BCUT2D eigenvalue weighted by molar-refractivity contribution is -0.150. The van der Waals surface area contributed by atoms with Crippen molar-refractivity contribution in [2.24, 2.45) is 10.8 Å². The molecule has 0 N–H and O–H groups in total. The number of esters is 1. The maximum Gasteiger partial charge on any atom is 0.302 e. The molecule has 2 unspecified atom stereocenters. The molecule has 2 saturated carbocycles. The summed E-state index contributed by atoms with van der Waals surface area (Å²) in [6, 6.07) is 0. The number of alkyl halides is 3. The second kappa shape index (κ2) is 6.07. The van der Waals surface area contributed by atoms with Crippen LogP contribution in [0.5, 0.6) is 0 Å². The lowest BCUT2D eigenvalue weighted by Gasteiger charge is -2.60. The minimum absolute atomic E-state index is 0.0143. The zero-order valence-electron chi connectivity index (χ0n) is 13.7. The number of rotatable bonds is 1. The second-order valence-corrected chi connectivity index (χ2v) is 10.6. The third-order valence-electron chi connectivity index (χ3n) is 5.91. The fraction of sp³-hybridized carbons (Fsp3) is 0.824. The molecule has 0 heterocycles. The van der Waals surface area contributed by atoms with Crippen molar-refractivity contribution in [3.05, 3.63) is 12.2 Å². The molecule has 2 aliphatic carbocycles. The number of carbonyl (C=O) groups excluding carboxylic acids is 1. The van der Waals surface area contributed by atoms with Crippen molar-refractivity contribution in [2.45, 2.75) is 74.0 Å². The largest absolute Gasteiger partial charge is 0.461 e. The Morgan fingerprint density at radius 1 is 1.32 bits per heavy atom. The maximum atomic E-state index is 11.4. The summed E-state index contributed by atoms with van der Waals surface area (Å²) in [6.45, 7) is 12.5. The van der Waals surface area contributed by atoms with Gasteiger partial charge in [-0.25, -0.2) is 0 Å². The summed E-state index contributed by atoms with van der Waals surface area (Å²) in [4.78, 5) is 11.5. The van der Waals surface area contributed by atoms with E-state index in [4.69, 9.17) is 16.3 Å². The van der Waals surface area contributed by atoms with E-state index in [9.17, 15) is 4.79 Å². The van der Waals surface area contributed by atoms with Gasteiger partial charge in [0.05, 0.1) is 9.70 Å². The summed E-state index contributed by atoms with van der Waals surface area (Å²) < 4.78 is 5.53. The van der Waals surface area contributed by atoms with Gasteiger partial charge in [-0.15, -0.1) is 11.6 Å². The molecular weight excluding hydrogens is 431 g/mol. The molecule has 0 radical (unpaired) electrons. The first-order valence-corrected chi connectivity index (χ1v) is 9.97. The molecule has 0 amide bonds. The number of ether oxygens (including phenoxy) is 1. The molecule has 126 valence electrons. The summed E-state index contributed by atoms with van der Waals surface area (Å²) in [5.41, 5.74) is 1.14. The highest BCUT2D eigenvalue weighted by Gasteiger charge is 2.60. The smallest absolute Gasteiger partial charge is 0.302 e. The SMILES string of the molecule is C=C1C[C@H](OC(C)=O)[C@H](Br)C(C)(C)[C@@]12CCC(C)(Cl)C(Br)C2. The molecule has 0 aromatic rings. The molecule has 0 saturated heterocycles. The Morgan fingerprint density at radius 3 is 2.41 bits per heavy atom. The molecule has 5 atom stereocenters. The first-order valence-electron chi connectivity index (χ1n) is 7.76. The van der Waals surface area contributed by atoms with Crippen molar-refractivity contribution >= 4 is 49.4 Å². The summed E-state index contributed by atoms with van der Waals surface area (Å²) in [7, 11) is 0. The topological polar surface area (TPSA) is 26.3 Å². The third kappa shape index (κ3) is 2.93. The number of hydrogen-bond acceptors (Lipinski definition) is 2. The van der Waals surface area contributed by atoms with Gasteiger partial charge in [0.1, 0.15) is 6.10 Å². The second-order valence-electron chi connectivity index (χ2n) is 7.61. The average Bonchev–Trinajstić information content (AvgIpc) is 2.38. The Balaban J connectivity index is 2.34. The van der Waals surface area contributed by atoms with Crippen LogP contribution in [-0.2, 0) is 9.53 Å². The van der Waals surface area contributed by atoms with Gasteiger partial charge in [-0.3, -0.25) is 4.79 Å². The summed E-state index contributed by atoms with van der Waals surface area (Å²) in [5.74, 6) is -0.232. The third-order valence-corrected chi connectivity index (χ3v) is 9.70. The van der Waals surface area contributed by atoms with Crippen molar-refractivity contribution < 1.29 is 9.53 Å². The number of carbonyl (C=O) groups is 1. The number of halogens is 3. The minimum atomic E-state index is -0.232. The van der Waals surface area contributed by atoms with Gasteiger partial charge >= 0.3 is 5.97 Å². The fourth-order valence-corrected chi connectivity index (χ4v) is 5.87. The van der Waals surface area contributed by atoms with Gasteiger partial charge in [-0.05, 0) is 37.0 Å². The van der Waals surface area contributed by atoms with Crippen LogP contribution in [0.4, 0.5) is 0 Å². The molecule has 1 spiro atoms. The van der Waals surface area contributed by atoms with Crippen molar-refractivity contribution in [1.82, 2.24) is 0 Å². The Morgan fingerprint density at radius 2 is 1.91 bits per heavy atom. The quantitative estimate of drug-likeness (QED) is 0.292. The molecule has 0 aliphatic heterocycles. The summed E-state index contributed by atoms with van der Waals surface area (Å²) >= 11 is 14.3. The number of hydrogen-bond donors (Lipinski definition) is 0. The first kappa shape index (κ1) is 18.8. The Labute approximate surface area is 155 Å².